The number of hydrazine groups is 1. The molecule has 0 radical (unpaired) electrons. The van der Waals surface area contributed by atoms with Crippen molar-refractivity contribution in [2.45, 2.75) is 26.7 Å². The summed E-state index contributed by atoms with van der Waals surface area (Å²) in [4.78, 5) is 16.9. The van der Waals surface area contributed by atoms with Crippen LogP contribution < -0.4 is 11.3 Å². The lowest BCUT2D eigenvalue weighted by Gasteiger charge is -2.02. The molecular weight excluding hydrogens is 258 g/mol. The quantitative estimate of drug-likeness (QED) is 0.514. The van der Waals surface area contributed by atoms with Crippen molar-refractivity contribution in [2.24, 2.45) is 5.84 Å². The number of thiazole rings is 1. The third-order valence-corrected chi connectivity index (χ3v) is 3.96. The number of nitrogens with one attached hydrogen (secondary N) is 1. The highest BCUT2D eigenvalue weighted by atomic mass is 32.1. The summed E-state index contributed by atoms with van der Waals surface area (Å²) in [5, 5.41) is 0.849. The van der Waals surface area contributed by atoms with Crippen LogP contribution >= 0.6 is 11.3 Å². The molecule has 0 aliphatic heterocycles. The van der Waals surface area contributed by atoms with E-state index >= 15 is 0 Å². The highest BCUT2D eigenvalue weighted by Gasteiger charge is 2.20. The molecule has 0 spiro atoms. The van der Waals surface area contributed by atoms with Crippen molar-refractivity contribution in [3.63, 3.8) is 0 Å². The molecular formula is C14H17N3OS. The molecule has 1 aromatic heterocycles. The molecule has 0 saturated heterocycles. The van der Waals surface area contributed by atoms with Gasteiger partial charge in [-0.3, -0.25) is 10.2 Å². The fraction of sp³-hybridized carbons (Fsp3) is 0.286. The Bertz CT molecular complexity index is 587. The summed E-state index contributed by atoms with van der Waals surface area (Å²) in [5.41, 5.74) is 5.20. The van der Waals surface area contributed by atoms with Gasteiger partial charge in [0.1, 0.15) is 9.88 Å². The van der Waals surface area contributed by atoms with Crippen LogP contribution in [0, 0.1) is 6.92 Å². The first-order valence-corrected chi connectivity index (χ1v) is 6.93. The minimum atomic E-state index is -0.278. The summed E-state index contributed by atoms with van der Waals surface area (Å²) in [7, 11) is 0. The molecule has 2 rings (SSSR count). The summed E-state index contributed by atoms with van der Waals surface area (Å²) >= 11 is 1.38. The molecule has 0 aliphatic carbocycles. The average molecular weight is 275 g/mol. The summed E-state index contributed by atoms with van der Waals surface area (Å²) in [5.74, 6) is 5.13. The number of nitrogens with zero attached hydrogens (tertiary/aromatic N) is 1. The Morgan fingerprint density at radius 3 is 2.47 bits per heavy atom. The number of rotatable bonds is 3. The van der Waals surface area contributed by atoms with Gasteiger partial charge in [-0.15, -0.1) is 11.3 Å². The van der Waals surface area contributed by atoms with E-state index in [0.29, 0.717) is 4.88 Å². The smallest absolute Gasteiger partial charge is 0.277 e. The SMILES string of the molecule is Cc1ccc(-c2nc(C(C)C)c(C(=O)NN)s2)cc1. The summed E-state index contributed by atoms with van der Waals surface area (Å²) in [6, 6.07) is 8.10. The Hall–Kier alpha value is -1.72. The number of nitrogen functional groups attached to an aromatic ring is 1. The number of hydrogen-bond donors (Lipinski definition) is 2. The van der Waals surface area contributed by atoms with E-state index in [0.717, 1.165) is 16.3 Å². The number of amides is 1. The average Bonchev–Trinajstić information content (AvgIpc) is 2.84. The Balaban J connectivity index is 2.48. The van der Waals surface area contributed by atoms with Gasteiger partial charge in [0.2, 0.25) is 0 Å². The highest BCUT2D eigenvalue weighted by Crippen LogP contribution is 2.31. The van der Waals surface area contributed by atoms with Gasteiger partial charge >= 0.3 is 0 Å². The normalized spacial score (nSPS) is 10.8. The molecule has 4 nitrogen and oxygen atoms in total. The molecule has 1 amide bonds. The van der Waals surface area contributed by atoms with Gasteiger partial charge in [-0.1, -0.05) is 43.7 Å². The van der Waals surface area contributed by atoms with Crippen molar-refractivity contribution in [2.75, 3.05) is 0 Å². The topological polar surface area (TPSA) is 68.0 Å². The fourth-order valence-corrected chi connectivity index (χ4v) is 2.90. The van der Waals surface area contributed by atoms with Crippen molar-refractivity contribution in [1.82, 2.24) is 10.4 Å². The van der Waals surface area contributed by atoms with E-state index in [4.69, 9.17) is 5.84 Å². The van der Waals surface area contributed by atoms with Crippen molar-refractivity contribution in [3.05, 3.63) is 40.4 Å². The number of hydrogen-bond acceptors (Lipinski definition) is 4. The third kappa shape index (κ3) is 2.83. The lowest BCUT2D eigenvalue weighted by molar-refractivity contribution is 0.0956. The van der Waals surface area contributed by atoms with Crippen molar-refractivity contribution >= 4 is 17.2 Å². The zero-order valence-corrected chi connectivity index (χ0v) is 12.0. The van der Waals surface area contributed by atoms with Crippen LogP contribution in [0.25, 0.3) is 10.6 Å². The molecule has 0 bridgehead atoms. The standard InChI is InChI=1S/C14H17N3OS/c1-8(2)11-12(13(18)17-15)19-14(16-11)10-6-4-9(3)5-7-10/h4-8H,15H2,1-3H3,(H,17,18). The van der Waals surface area contributed by atoms with Crippen LogP contribution in [0.1, 0.15) is 40.7 Å². The lowest BCUT2D eigenvalue weighted by Crippen LogP contribution is -2.30. The van der Waals surface area contributed by atoms with Crippen molar-refractivity contribution in [1.29, 1.82) is 0 Å². The van der Waals surface area contributed by atoms with E-state index in [9.17, 15) is 4.79 Å². The fourth-order valence-electron chi connectivity index (χ4n) is 1.77. The zero-order valence-electron chi connectivity index (χ0n) is 11.2. The van der Waals surface area contributed by atoms with Crippen LogP contribution in [0.4, 0.5) is 0 Å². The minimum Gasteiger partial charge on any atom is -0.289 e. The predicted molar refractivity (Wildman–Crippen MR) is 78.0 cm³/mol. The molecule has 0 atom stereocenters. The van der Waals surface area contributed by atoms with E-state index in [2.05, 4.69) is 10.4 Å². The molecule has 1 aromatic carbocycles. The number of carbonyl (C=O) groups excluding carboxylic acids is 1. The molecule has 19 heavy (non-hydrogen) atoms. The molecule has 0 saturated carbocycles. The van der Waals surface area contributed by atoms with Crippen LogP contribution in [0.5, 0.6) is 0 Å². The molecule has 100 valence electrons. The Morgan fingerprint density at radius 2 is 1.95 bits per heavy atom. The van der Waals surface area contributed by atoms with E-state index < -0.39 is 0 Å². The van der Waals surface area contributed by atoms with Gasteiger partial charge in [0.25, 0.3) is 5.91 Å². The van der Waals surface area contributed by atoms with Gasteiger partial charge in [-0.25, -0.2) is 10.8 Å². The van der Waals surface area contributed by atoms with Crippen molar-refractivity contribution < 1.29 is 4.79 Å². The summed E-state index contributed by atoms with van der Waals surface area (Å²) in [6.07, 6.45) is 0. The number of benzene rings is 1. The molecule has 0 fully saturated rings. The molecule has 0 aliphatic rings. The minimum absolute atomic E-state index is 0.183. The van der Waals surface area contributed by atoms with Gasteiger partial charge in [0.05, 0.1) is 5.69 Å². The van der Waals surface area contributed by atoms with Gasteiger partial charge in [0, 0.05) is 5.56 Å². The second-order valence-electron chi connectivity index (χ2n) is 4.73. The van der Waals surface area contributed by atoms with Crippen LogP contribution in [0.15, 0.2) is 24.3 Å². The largest absolute Gasteiger partial charge is 0.289 e. The second-order valence-corrected chi connectivity index (χ2v) is 5.73. The van der Waals surface area contributed by atoms with Gasteiger partial charge in [0.15, 0.2) is 0 Å². The second kappa shape index (κ2) is 5.50. The molecule has 1 heterocycles. The Kier molecular flexibility index (Phi) is 3.97. The van der Waals surface area contributed by atoms with E-state index in [1.54, 1.807) is 0 Å². The molecule has 3 N–H and O–H groups in total. The summed E-state index contributed by atoms with van der Waals surface area (Å²) < 4.78 is 0. The summed E-state index contributed by atoms with van der Waals surface area (Å²) in [6.45, 7) is 6.07. The highest BCUT2D eigenvalue weighted by molar-refractivity contribution is 7.17. The third-order valence-electron chi connectivity index (χ3n) is 2.84. The predicted octanol–water partition coefficient (Wildman–Crippen LogP) is 2.85. The number of aryl methyl sites for hydroxylation is 1. The van der Waals surface area contributed by atoms with Crippen LogP contribution in [0.3, 0.4) is 0 Å². The van der Waals surface area contributed by atoms with E-state index in [1.165, 1.54) is 16.9 Å². The van der Waals surface area contributed by atoms with E-state index in [-0.39, 0.29) is 11.8 Å². The molecule has 5 heteroatoms. The van der Waals surface area contributed by atoms with Gasteiger partial charge in [-0.05, 0) is 12.8 Å². The van der Waals surface area contributed by atoms with Crippen molar-refractivity contribution in [3.8, 4) is 10.6 Å². The first kappa shape index (κ1) is 13.7. The number of carbonyl (C=O) groups is 1. The first-order chi connectivity index (χ1) is 9.02. The maximum Gasteiger partial charge on any atom is 0.277 e. The van der Waals surface area contributed by atoms with Crippen LogP contribution in [0.2, 0.25) is 0 Å². The number of aromatic nitrogens is 1. The zero-order chi connectivity index (χ0) is 14.0. The number of nitrogens with two attached hydrogens (primary N) is 1. The van der Waals surface area contributed by atoms with E-state index in [1.807, 2.05) is 45.0 Å². The van der Waals surface area contributed by atoms with Gasteiger partial charge < -0.3 is 0 Å². The first-order valence-electron chi connectivity index (χ1n) is 6.11. The lowest BCUT2D eigenvalue weighted by atomic mass is 10.1. The van der Waals surface area contributed by atoms with Gasteiger partial charge in [-0.2, -0.15) is 0 Å². The molecule has 2 aromatic rings. The Morgan fingerprint density at radius 1 is 1.32 bits per heavy atom. The maximum absolute atomic E-state index is 11.8. The van der Waals surface area contributed by atoms with Crippen LogP contribution in [-0.2, 0) is 0 Å². The Labute approximate surface area is 116 Å². The molecule has 0 unspecified atom stereocenters. The monoisotopic (exact) mass is 275 g/mol. The van der Waals surface area contributed by atoms with Crippen LogP contribution in [-0.4, -0.2) is 10.9 Å². The maximum atomic E-state index is 11.8.